The highest BCUT2D eigenvalue weighted by Crippen LogP contribution is 2.32. The molecule has 0 saturated heterocycles. The number of ether oxygens (including phenoxy) is 2. The molecule has 0 aliphatic heterocycles. The van der Waals surface area contributed by atoms with Crippen LogP contribution in [0, 0.1) is 5.82 Å². The lowest BCUT2D eigenvalue weighted by Crippen LogP contribution is -2.15. The van der Waals surface area contributed by atoms with Crippen LogP contribution >= 0.6 is 15.9 Å². The molecule has 3 rings (SSSR count). The molecule has 28 heavy (non-hydrogen) atoms. The van der Waals surface area contributed by atoms with E-state index in [9.17, 15) is 21.6 Å². The fourth-order valence-electron chi connectivity index (χ4n) is 2.42. The third-order valence-electron chi connectivity index (χ3n) is 3.59. The number of aromatic nitrogens is 2. The van der Waals surface area contributed by atoms with Crippen LogP contribution in [0.4, 0.5) is 18.9 Å². The van der Waals surface area contributed by atoms with Crippen molar-refractivity contribution in [2.45, 2.75) is 11.3 Å². The molecule has 0 bridgehead atoms. The summed E-state index contributed by atoms with van der Waals surface area (Å²) in [6, 6.07) is 5.72. The second-order valence-corrected chi connectivity index (χ2v) is 8.05. The molecule has 0 radical (unpaired) electrons. The number of methoxy groups -OCH3 is 1. The Bertz CT molecular complexity index is 1120. The number of hydrogen-bond acceptors (Lipinski definition) is 5. The molecular formula is C16H13BrF3N3O4S. The van der Waals surface area contributed by atoms with Crippen molar-refractivity contribution in [2.75, 3.05) is 18.4 Å². The summed E-state index contributed by atoms with van der Waals surface area (Å²) in [7, 11) is -2.98. The van der Waals surface area contributed by atoms with Crippen LogP contribution < -0.4 is 14.2 Å². The quantitative estimate of drug-likeness (QED) is 0.535. The summed E-state index contributed by atoms with van der Waals surface area (Å²) >= 11 is 3.29. The average Bonchev–Trinajstić information content (AvgIpc) is 3.04. The number of rotatable bonds is 7. The predicted octanol–water partition coefficient (Wildman–Crippen LogP) is 3.92. The number of halogens is 4. The Morgan fingerprint density at radius 2 is 2.04 bits per heavy atom. The zero-order valence-corrected chi connectivity index (χ0v) is 16.6. The van der Waals surface area contributed by atoms with Crippen LogP contribution in [-0.2, 0) is 10.0 Å². The fourth-order valence-corrected chi connectivity index (χ4v) is 4.01. The first-order valence-electron chi connectivity index (χ1n) is 7.66. The van der Waals surface area contributed by atoms with Gasteiger partial charge in [-0.2, -0.15) is 4.98 Å². The average molecular weight is 480 g/mol. The fraction of sp³-hybridized carbons (Fsp3) is 0.188. The number of sulfonamides is 1. The van der Waals surface area contributed by atoms with Gasteiger partial charge in [0.2, 0.25) is 5.88 Å². The Labute approximate surface area is 166 Å². The third kappa shape index (κ3) is 4.17. The number of alkyl halides is 2. The van der Waals surface area contributed by atoms with Gasteiger partial charge in [0.25, 0.3) is 22.3 Å². The van der Waals surface area contributed by atoms with Gasteiger partial charge >= 0.3 is 0 Å². The molecule has 3 aromatic rings. The molecule has 0 amide bonds. The maximum Gasteiger partial charge on any atom is 0.272 e. The zero-order chi connectivity index (χ0) is 20.5. The number of nitrogens with zero attached hydrogens (tertiary/aromatic N) is 1. The van der Waals surface area contributed by atoms with Gasteiger partial charge in [0.05, 0.1) is 7.11 Å². The van der Waals surface area contributed by atoms with E-state index in [0.717, 1.165) is 17.6 Å². The van der Waals surface area contributed by atoms with E-state index in [2.05, 4.69) is 35.4 Å². The minimum absolute atomic E-state index is 0.0736. The van der Waals surface area contributed by atoms with Crippen LogP contribution in [0.2, 0.25) is 0 Å². The summed E-state index contributed by atoms with van der Waals surface area (Å²) < 4.78 is 76.5. The summed E-state index contributed by atoms with van der Waals surface area (Å²) in [5.74, 6) is -2.18. The largest absolute Gasteiger partial charge is 0.479 e. The number of nitrogens with one attached hydrogen (secondary N) is 2. The van der Waals surface area contributed by atoms with Crippen LogP contribution in [-0.4, -0.2) is 38.5 Å². The van der Waals surface area contributed by atoms with Gasteiger partial charge in [0.15, 0.2) is 12.4 Å². The van der Waals surface area contributed by atoms with E-state index in [1.165, 1.54) is 6.20 Å². The van der Waals surface area contributed by atoms with Gasteiger partial charge in [-0.1, -0.05) is 22.0 Å². The lowest BCUT2D eigenvalue weighted by Gasteiger charge is -2.13. The molecule has 7 nitrogen and oxygen atoms in total. The van der Waals surface area contributed by atoms with E-state index in [1.807, 2.05) is 0 Å². The molecule has 150 valence electrons. The maximum atomic E-state index is 14.1. The Hall–Kier alpha value is -2.47. The van der Waals surface area contributed by atoms with Gasteiger partial charge in [-0.3, -0.25) is 4.72 Å². The Balaban J connectivity index is 1.96. The molecule has 2 N–H and O–H groups in total. The Morgan fingerprint density at radius 3 is 2.71 bits per heavy atom. The molecule has 0 spiro atoms. The lowest BCUT2D eigenvalue weighted by atomic mass is 10.2. The second-order valence-electron chi connectivity index (χ2n) is 5.48. The summed E-state index contributed by atoms with van der Waals surface area (Å²) in [4.78, 5) is 6.37. The molecule has 0 unspecified atom stereocenters. The van der Waals surface area contributed by atoms with Crippen molar-refractivity contribution < 1.29 is 31.1 Å². The molecule has 0 aliphatic carbocycles. The maximum absolute atomic E-state index is 14.1. The van der Waals surface area contributed by atoms with Crippen molar-refractivity contribution in [3.63, 3.8) is 0 Å². The summed E-state index contributed by atoms with van der Waals surface area (Å²) in [5.41, 5.74) is 0.262. The summed E-state index contributed by atoms with van der Waals surface area (Å²) in [5, 5.41) is 0.417. The highest BCUT2D eigenvalue weighted by Gasteiger charge is 2.23. The number of benzene rings is 1. The normalized spacial score (nSPS) is 11.8. The Kier molecular flexibility index (Phi) is 5.70. The molecule has 1 aromatic carbocycles. The number of anilines is 1. The van der Waals surface area contributed by atoms with Crippen molar-refractivity contribution >= 4 is 42.5 Å². The van der Waals surface area contributed by atoms with Crippen molar-refractivity contribution in [3.05, 3.63) is 40.8 Å². The molecule has 0 saturated carbocycles. The Morgan fingerprint density at radius 1 is 1.29 bits per heavy atom. The number of hydrogen-bond donors (Lipinski definition) is 2. The number of pyridine rings is 1. The minimum atomic E-state index is -4.14. The van der Waals surface area contributed by atoms with Crippen molar-refractivity contribution in [3.8, 4) is 11.8 Å². The molecule has 0 fully saturated rings. The summed E-state index contributed by atoms with van der Waals surface area (Å²) in [6.07, 6.45) is -1.54. The van der Waals surface area contributed by atoms with E-state index in [1.54, 1.807) is 18.2 Å². The first-order valence-corrected chi connectivity index (χ1v) is 9.94. The minimum Gasteiger partial charge on any atom is -0.479 e. The van der Waals surface area contributed by atoms with Crippen LogP contribution in [0.25, 0.3) is 10.9 Å². The number of fused-ring (bicyclic) bond motifs is 1. The highest BCUT2D eigenvalue weighted by atomic mass is 79.9. The van der Waals surface area contributed by atoms with Crippen molar-refractivity contribution in [1.29, 1.82) is 0 Å². The van der Waals surface area contributed by atoms with E-state index >= 15 is 0 Å². The molecule has 0 atom stereocenters. The van der Waals surface area contributed by atoms with Crippen molar-refractivity contribution in [2.24, 2.45) is 0 Å². The van der Waals surface area contributed by atoms with Gasteiger partial charge in [-0.15, -0.1) is 0 Å². The monoisotopic (exact) mass is 479 g/mol. The standard InChI is InChI=1S/C16H13BrF3N3O4S/c1-26-16-12(5-10(18)15(22-16)27-7-14(19)20)23-28(24,25)13-6-21-11-4-8(17)2-3-9(11)13/h2-6,14,21,23H,7H2,1H3. The van der Waals surface area contributed by atoms with Crippen LogP contribution in [0.5, 0.6) is 11.8 Å². The topological polar surface area (TPSA) is 93.3 Å². The third-order valence-corrected chi connectivity index (χ3v) is 5.49. The summed E-state index contributed by atoms with van der Waals surface area (Å²) in [6.45, 7) is -1.07. The molecular weight excluding hydrogens is 467 g/mol. The second kappa shape index (κ2) is 7.87. The van der Waals surface area contributed by atoms with Gasteiger partial charge in [-0.25, -0.2) is 21.6 Å². The first kappa shape index (κ1) is 20.3. The van der Waals surface area contributed by atoms with E-state index in [-0.39, 0.29) is 16.5 Å². The van der Waals surface area contributed by atoms with E-state index < -0.39 is 34.8 Å². The molecule has 2 heterocycles. The molecule has 2 aromatic heterocycles. The smallest absolute Gasteiger partial charge is 0.272 e. The van der Waals surface area contributed by atoms with E-state index in [4.69, 9.17) is 4.74 Å². The number of aromatic amines is 1. The number of H-pyrrole nitrogens is 1. The van der Waals surface area contributed by atoms with Crippen molar-refractivity contribution in [1.82, 2.24) is 9.97 Å². The van der Waals surface area contributed by atoms with Gasteiger partial charge in [0.1, 0.15) is 10.6 Å². The van der Waals surface area contributed by atoms with Crippen LogP contribution in [0.15, 0.2) is 39.8 Å². The predicted molar refractivity (Wildman–Crippen MR) is 99.1 cm³/mol. The van der Waals surface area contributed by atoms with Gasteiger partial charge < -0.3 is 14.5 Å². The molecule has 12 heteroatoms. The van der Waals surface area contributed by atoms with E-state index in [0.29, 0.717) is 10.9 Å². The molecule has 0 aliphatic rings. The zero-order valence-electron chi connectivity index (χ0n) is 14.2. The van der Waals surface area contributed by atoms with Crippen LogP contribution in [0.3, 0.4) is 0 Å². The SMILES string of the molecule is COc1nc(OCC(F)F)c(F)cc1NS(=O)(=O)c1c[nH]c2cc(Br)ccc12. The lowest BCUT2D eigenvalue weighted by molar-refractivity contribution is 0.0770. The van der Waals surface area contributed by atoms with Gasteiger partial charge in [0, 0.05) is 27.6 Å². The first-order chi connectivity index (χ1) is 13.2. The van der Waals surface area contributed by atoms with Crippen LogP contribution in [0.1, 0.15) is 0 Å². The highest BCUT2D eigenvalue weighted by molar-refractivity contribution is 9.10. The van der Waals surface area contributed by atoms with Gasteiger partial charge in [-0.05, 0) is 12.1 Å².